The molecule has 0 radical (unpaired) electrons. The fraction of sp³-hybridized carbons (Fsp3) is 0.0968. The van der Waals surface area contributed by atoms with Crippen LogP contribution >= 0.6 is 35.7 Å². The number of hydrogen-bond donors (Lipinski definition) is 0. The molecule has 0 spiro atoms. The summed E-state index contributed by atoms with van der Waals surface area (Å²) in [4.78, 5) is 13.2. The topological polar surface area (TPSA) is 35.1 Å². The van der Waals surface area contributed by atoms with Crippen LogP contribution in [0.2, 0.25) is 0 Å². The number of thioether (sulfide) groups is 2. The highest BCUT2D eigenvalue weighted by atomic mass is 32.2. The lowest BCUT2D eigenvalue weighted by Gasteiger charge is -2.17. The van der Waals surface area contributed by atoms with Gasteiger partial charge in [0, 0.05) is 29.0 Å². The van der Waals surface area contributed by atoms with Gasteiger partial charge in [-0.05, 0) is 34.4 Å². The van der Waals surface area contributed by atoms with Crippen LogP contribution < -0.4 is 5.76 Å². The van der Waals surface area contributed by atoms with E-state index < -0.39 is 0 Å². The normalized spacial score (nSPS) is 11.9. The largest absolute Gasteiger partial charge is 0.419 e. The maximum Gasteiger partial charge on any atom is 0.419 e. The highest BCUT2D eigenvalue weighted by Gasteiger charge is 2.19. The van der Waals surface area contributed by atoms with Gasteiger partial charge in [-0.1, -0.05) is 109 Å². The average Bonchev–Trinajstić information content (AvgIpc) is 3.23. The summed E-state index contributed by atoms with van der Waals surface area (Å²) in [6.07, 6.45) is 0. The number of nitrogens with zero attached hydrogens (tertiary/aromatic N) is 1. The third-order valence-electron chi connectivity index (χ3n) is 5.99. The van der Waals surface area contributed by atoms with E-state index in [1.54, 1.807) is 30.6 Å². The first-order valence-electron chi connectivity index (χ1n) is 11.9. The average molecular weight is 540 g/mol. The van der Waals surface area contributed by atoms with Crippen molar-refractivity contribution in [2.75, 3.05) is 0 Å². The molecule has 0 fully saturated rings. The Kier molecular flexibility index (Phi) is 8.09. The van der Waals surface area contributed by atoms with Gasteiger partial charge in [-0.3, -0.25) is 4.57 Å². The lowest BCUT2D eigenvalue weighted by Crippen LogP contribution is -2.08. The second-order valence-corrected chi connectivity index (χ2v) is 11.2. The van der Waals surface area contributed by atoms with Gasteiger partial charge in [0.15, 0.2) is 5.58 Å². The van der Waals surface area contributed by atoms with Crippen LogP contribution in [0.1, 0.15) is 22.3 Å². The van der Waals surface area contributed by atoms with E-state index in [-0.39, 0.29) is 5.76 Å². The molecule has 4 aromatic carbocycles. The van der Waals surface area contributed by atoms with E-state index in [4.69, 9.17) is 16.6 Å². The van der Waals surface area contributed by atoms with Gasteiger partial charge in [-0.2, -0.15) is 0 Å². The molecule has 37 heavy (non-hydrogen) atoms. The molecular weight excluding hydrogens is 515 g/mol. The summed E-state index contributed by atoms with van der Waals surface area (Å²) in [6, 6.07) is 37.1. The minimum Gasteiger partial charge on any atom is -0.408 e. The smallest absolute Gasteiger partial charge is 0.408 e. The van der Waals surface area contributed by atoms with Gasteiger partial charge in [-0.25, -0.2) is 4.79 Å². The minimum atomic E-state index is -0.369. The van der Waals surface area contributed by atoms with Gasteiger partial charge < -0.3 is 4.42 Å². The van der Waals surface area contributed by atoms with Gasteiger partial charge >= 0.3 is 5.76 Å². The van der Waals surface area contributed by atoms with Crippen molar-refractivity contribution in [3.63, 3.8) is 0 Å². The molecule has 0 amide bonds. The maximum absolute atomic E-state index is 12.2. The lowest BCUT2D eigenvalue weighted by molar-refractivity contribution is 0.528. The fourth-order valence-corrected chi connectivity index (χ4v) is 6.59. The Balaban J connectivity index is 1.62. The molecule has 0 aliphatic rings. The summed E-state index contributed by atoms with van der Waals surface area (Å²) in [5.74, 6) is 1.21. The number of aryl methyl sites for hydroxylation is 1. The number of hydrogen-bond acceptors (Lipinski definition) is 5. The molecule has 0 bridgehead atoms. The molecule has 0 atom stereocenters. The van der Waals surface area contributed by atoms with Crippen LogP contribution in [0, 0.1) is 0 Å². The first kappa shape index (κ1) is 25.3. The zero-order valence-corrected chi connectivity index (χ0v) is 22.7. The third-order valence-corrected chi connectivity index (χ3v) is 8.69. The number of rotatable bonds is 8. The standard InChI is InChI=1S/C31H25NO2S3/c1-32-26-18-17-25(19-27(26)34-31(32)33)29(36-20-22-11-5-2-6-12-22)28(24-15-9-4-10-16-24)30(35)37-21-23-13-7-3-8-14-23/h2-19H,20-21H2,1H3/b29-28+. The van der Waals surface area contributed by atoms with Crippen molar-refractivity contribution in [1.29, 1.82) is 0 Å². The molecule has 0 saturated carbocycles. The van der Waals surface area contributed by atoms with Crippen LogP contribution in [-0.4, -0.2) is 8.76 Å². The number of thiocarbonyl (C=S) groups is 1. The number of benzene rings is 4. The van der Waals surface area contributed by atoms with Gasteiger partial charge in [0.05, 0.1) is 9.71 Å². The Bertz CT molecular complexity index is 1600. The van der Waals surface area contributed by atoms with Crippen molar-refractivity contribution in [1.82, 2.24) is 4.57 Å². The molecule has 1 heterocycles. The predicted octanol–water partition coefficient (Wildman–Crippen LogP) is 8.19. The molecule has 0 saturated heterocycles. The molecule has 6 heteroatoms. The van der Waals surface area contributed by atoms with Crippen molar-refractivity contribution in [3.8, 4) is 0 Å². The number of fused-ring (bicyclic) bond motifs is 1. The number of aromatic nitrogens is 1. The Labute approximate surface area is 230 Å². The zero-order chi connectivity index (χ0) is 25.6. The van der Waals surface area contributed by atoms with Crippen LogP contribution in [0.25, 0.3) is 21.6 Å². The Morgan fingerprint density at radius 1 is 0.757 bits per heavy atom. The molecule has 0 aliphatic carbocycles. The molecule has 5 aromatic rings. The SMILES string of the molecule is Cn1c(=O)oc2cc(/C(SCc3ccccc3)=C(\C(=S)SCc3ccccc3)c3ccccc3)ccc21. The van der Waals surface area contributed by atoms with Crippen molar-refractivity contribution in [3.05, 3.63) is 142 Å². The second kappa shape index (κ2) is 11.8. The highest BCUT2D eigenvalue weighted by molar-refractivity contribution is 8.24. The van der Waals surface area contributed by atoms with E-state index in [1.807, 2.05) is 42.5 Å². The van der Waals surface area contributed by atoms with Crippen LogP contribution in [0.5, 0.6) is 0 Å². The van der Waals surface area contributed by atoms with E-state index in [9.17, 15) is 4.79 Å². The van der Waals surface area contributed by atoms with Crippen molar-refractivity contribution >= 4 is 61.5 Å². The Morgan fingerprint density at radius 3 is 1.95 bits per heavy atom. The molecule has 1 aromatic heterocycles. The molecule has 3 nitrogen and oxygen atoms in total. The van der Waals surface area contributed by atoms with Crippen molar-refractivity contribution in [2.24, 2.45) is 7.05 Å². The van der Waals surface area contributed by atoms with Gasteiger partial charge in [0.25, 0.3) is 0 Å². The summed E-state index contributed by atoms with van der Waals surface area (Å²) < 4.78 is 7.90. The monoisotopic (exact) mass is 539 g/mol. The van der Waals surface area contributed by atoms with Crippen molar-refractivity contribution in [2.45, 2.75) is 11.5 Å². The van der Waals surface area contributed by atoms with E-state index >= 15 is 0 Å². The zero-order valence-electron chi connectivity index (χ0n) is 20.3. The van der Waals surface area contributed by atoms with Crippen LogP contribution in [-0.2, 0) is 18.6 Å². The van der Waals surface area contributed by atoms with Gasteiger partial charge in [-0.15, -0.1) is 23.5 Å². The summed E-state index contributed by atoms with van der Waals surface area (Å²) in [6.45, 7) is 0. The van der Waals surface area contributed by atoms with Crippen LogP contribution in [0.15, 0.2) is 118 Å². The van der Waals surface area contributed by atoms with Crippen molar-refractivity contribution < 1.29 is 4.42 Å². The number of oxazole rings is 1. The highest BCUT2D eigenvalue weighted by Crippen LogP contribution is 2.41. The lowest BCUT2D eigenvalue weighted by atomic mass is 10.0. The Hall–Kier alpha value is -3.32. The van der Waals surface area contributed by atoms with E-state index in [0.717, 1.165) is 42.8 Å². The van der Waals surface area contributed by atoms with E-state index in [1.165, 1.54) is 15.7 Å². The molecule has 0 aliphatic heterocycles. The van der Waals surface area contributed by atoms with Gasteiger partial charge in [0.2, 0.25) is 0 Å². The van der Waals surface area contributed by atoms with E-state index in [2.05, 4.69) is 66.7 Å². The summed E-state index contributed by atoms with van der Waals surface area (Å²) >= 11 is 9.52. The molecule has 5 rings (SSSR count). The summed E-state index contributed by atoms with van der Waals surface area (Å²) in [5.41, 5.74) is 6.86. The maximum atomic E-state index is 12.2. The van der Waals surface area contributed by atoms with E-state index in [0.29, 0.717) is 5.58 Å². The molecule has 0 unspecified atom stereocenters. The predicted molar refractivity (Wildman–Crippen MR) is 163 cm³/mol. The second-order valence-electron chi connectivity index (χ2n) is 8.52. The summed E-state index contributed by atoms with van der Waals surface area (Å²) in [5, 5.41) is 0. The minimum absolute atomic E-state index is 0.369. The Morgan fingerprint density at radius 2 is 1.32 bits per heavy atom. The quantitative estimate of drug-likeness (QED) is 0.113. The van der Waals surface area contributed by atoms with Crippen LogP contribution in [0.3, 0.4) is 0 Å². The summed E-state index contributed by atoms with van der Waals surface area (Å²) in [7, 11) is 1.72. The first-order valence-corrected chi connectivity index (χ1v) is 14.3. The molecular formula is C31H25NO2S3. The van der Waals surface area contributed by atoms with Gasteiger partial charge in [0.1, 0.15) is 0 Å². The first-order chi connectivity index (χ1) is 18.1. The fourth-order valence-electron chi connectivity index (χ4n) is 4.05. The van der Waals surface area contributed by atoms with Crippen LogP contribution in [0.4, 0.5) is 0 Å². The third kappa shape index (κ3) is 5.99. The molecule has 0 N–H and O–H groups in total. The molecule has 184 valence electrons.